The van der Waals surface area contributed by atoms with Gasteiger partial charge < -0.3 is 0 Å². The third-order valence-electron chi connectivity index (χ3n) is 6.83. The Balaban J connectivity index is 0. The summed E-state index contributed by atoms with van der Waals surface area (Å²) in [7, 11) is -1.39. The van der Waals surface area contributed by atoms with E-state index in [0.29, 0.717) is 0 Å². The Bertz CT molecular complexity index is 574. The minimum atomic E-state index is -1.39. The van der Waals surface area contributed by atoms with Crippen molar-refractivity contribution in [2.45, 2.75) is 142 Å². The molecule has 0 saturated carbocycles. The molecule has 0 heterocycles. The van der Waals surface area contributed by atoms with Crippen molar-refractivity contribution in [2.24, 2.45) is 4.74 Å². The van der Waals surface area contributed by atoms with Crippen LogP contribution in [0.25, 0.3) is 0 Å². The SMILES string of the molecule is C=CC=CCCC.CCCCC(C)P(=NC1=CC=CC1)(C(C)CCCC)C(C)CCCC.[Ti]. The van der Waals surface area contributed by atoms with Crippen LogP contribution in [0, 0.1) is 0 Å². The molecule has 0 saturated heterocycles. The Kier molecular flexibility index (Phi) is 23.8. The second kappa shape index (κ2) is 22.4. The van der Waals surface area contributed by atoms with Crippen molar-refractivity contribution in [1.29, 1.82) is 0 Å². The van der Waals surface area contributed by atoms with Crippen molar-refractivity contribution in [1.82, 2.24) is 0 Å². The Morgan fingerprint density at radius 3 is 1.70 bits per heavy atom. The molecule has 0 aromatic rings. The molecule has 190 valence electrons. The summed E-state index contributed by atoms with van der Waals surface area (Å²) in [5.41, 5.74) is 3.68. The first-order valence-electron chi connectivity index (χ1n) is 13.7. The molecule has 0 aliphatic heterocycles. The number of allylic oxidation sites excluding steroid dienone is 6. The van der Waals surface area contributed by atoms with E-state index in [-0.39, 0.29) is 21.7 Å². The molecule has 1 rings (SSSR count). The Labute approximate surface area is 224 Å². The first-order chi connectivity index (χ1) is 15.4. The van der Waals surface area contributed by atoms with E-state index in [2.05, 4.69) is 79.3 Å². The molecule has 1 nitrogen and oxygen atoms in total. The van der Waals surface area contributed by atoms with Gasteiger partial charge in [-0.1, -0.05) is 130 Å². The average molecular weight is 510 g/mol. The molecule has 3 heteroatoms. The fraction of sp³-hybridized carbons (Fsp3) is 0.733. The Morgan fingerprint density at radius 1 is 0.879 bits per heavy atom. The van der Waals surface area contributed by atoms with Crippen LogP contribution in [0.1, 0.15) is 126 Å². The molecule has 0 bridgehead atoms. The molecule has 33 heavy (non-hydrogen) atoms. The minimum Gasteiger partial charge on any atom is -0.271 e. The quantitative estimate of drug-likeness (QED) is 0.111. The van der Waals surface area contributed by atoms with Crippen molar-refractivity contribution in [3.05, 3.63) is 48.7 Å². The van der Waals surface area contributed by atoms with Gasteiger partial charge in [0.2, 0.25) is 0 Å². The maximum atomic E-state index is 5.68. The summed E-state index contributed by atoms with van der Waals surface area (Å²) < 4.78 is 5.68. The maximum Gasteiger partial charge on any atom is 0.0425 e. The first-order valence-corrected chi connectivity index (χ1v) is 15.6. The fourth-order valence-electron chi connectivity index (χ4n) is 4.81. The molecule has 0 aromatic carbocycles. The Hall–Kier alpha value is -0.0957. The van der Waals surface area contributed by atoms with Crippen LogP contribution in [0.3, 0.4) is 0 Å². The molecule has 0 aromatic heterocycles. The molecule has 0 spiro atoms. The van der Waals surface area contributed by atoms with Crippen LogP contribution in [0.2, 0.25) is 0 Å². The van der Waals surface area contributed by atoms with Crippen LogP contribution in [-0.2, 0) is 21.7 Å². The van der Waals surface area contributed by atoms with Crippen molar-refractivity contribution in [2.75, 3.05) is 0 Å². The zero-order valence-electron chi connectivity index (χ0n) is 23.3. The second-order valence-corrected chi connectivity index (χ2v) is 14.0. The summed E-state index contributed by atoms with van der Waals surface area (Å²) >= 11 is 0. The summed E-state index contributed by atoms with van der Waals surface area (Å²) in [6.07, 6.45) is 28.2. The van der Waals surface area contributed by atoms with E-state index >= 15 is 0 Å². The van der Waals surface area contributed by atoms with Gasteiger partial charge >= 0.3 is 0 Å². The third-order valence-corrected chi connectivity index (χ3v) is 12.4. The maximum absolute atomic E-state index is 5.68. The van der Waals surface area contributed by atoms with Crippen molar-refractivity contribution in [3.8, 4) is 0 Å². The zero-order valence-corrected chi connectivity index (χ0v) is 25.7. The van der Waals surface area contributed by atoms with Crippen LogP contribution in [0.4, 0.5) is 0 Å². The number of hydrogen-bond donors (Lipinski definition) is 0. The van der Waals surface area contributed by atoms with E-state index in [9.17, 15) is 0 Å². The van der Waals surface area contributed by atoms with Gasteiger partial charge in [-0.3, -0.25) is 4.74 Å². The second-order valence-electron chi connectivity index (χ2n) is 9.61. The normalized spacial score (nSPS) is 17.2. The molecule has 0 N–H and O–H groups in total. The van der Waals surface area contributed by atoms with E-state index in [1.807, 2.05) is 6.08 Å². The van der Waals surface area contributed by atoms with E-state index in [0.717, 1.165) is 23.4 Å². The van der Waals surface area contributed by atoms with Gasteiger partial charge in [-0.05, 0) is 55.8 Å². The molecule has 3 unspecified atom stereocenters. The third kappa shape index (κ3) is 13.5. The predicted octanol–water partition coefficient (Wildman–Crippen LogP) is 11.3. The van der Waals surface area contributed by atoms with Crippen LogP contribution in [0.5, 0.6) is 0 Å². The van der Waals surface area contributed by atoms with Gasteiger partial charge in [0.15, 0.2) is 0 Å². The van der Waals surface area contributed by atoms with Gasteiger partial charge in [0.25, 0.3) is 0 Å². The molecule has 0 radical (unpaired) electrons. The van der Waals surface area contributed by atoms with Gasteiger partial charge in [0.05, 0.1) is 0 Å². The number of nitrogens with zero attached hydrogens (tertiary/aromatic N) is 1. The van der Waals surface area contributed by atoms with Crippen LogP contribution in [-0.4, -0.2) is 17.0 Å². The molecule has 1 aliphatic carbocycles. The van der Waals surface area contributed by atoms with Crippen LogP contribution in [0.15, 0.2) is 53.5 Å². The van der Waals surface area contributed by atoms with Gasteiger partial charge in [-0.2, -0.15) is 0 Å². The monoisotopic (exact) mass is 509 g/mol. The molecule has 1 aliphatic rings. The van der Waals surface area contributed by atoms with Gasteiger partial charge in [0, 0.05) is 33.8 Å². The molecule has 0 amide bonds. The van der Waals surface area contributed by atoms with Crippen molar-refractivity contribution >= 4 is 7.05 Å². The predicted molar refractivity (Wildman–Crippen MR) is 152 cm³/mol. The summed E-state index contributed by atoms with van der Waals surface area (Å²) in [6.45, 7) is 20.3. The smallest absolute Gasteiger partial charge is 0.0425 e. The average Bonchev–Trinajstić information content (AvgIpc) is 3.31. The van der Waals surface area contributed by atoms with E-state index in [1.54, 1.807) is 6.08 Å². The summed E-state index contributed by atoms with van der Waals surface area (Å²) in [6, 6.07) is 0. The summed E-state index contributed by atoms with van der Waals surface area (Å²) in [5.74, 6) is 0. The first kappa shape index (κ1) is 35.1. The van der Waals surface area contributed by atoms with Crippen LogP contribution < -0.4 is 0 Å². The zero-order chi connectivity index (χ0) is 24.2. The molecule has 0 fully saturated rings. The molecular weight excluding hydrogens is 453 g/mol. The number of hydrogen-bond acceptors (Lipinski definition) is 1. The molecule has 3 atom stereocenters. The largest absolute Gasteiger partial charge is 0.271 e. The van der Waals surface area contributed by atoms with Gasteiger partial charge in [-0.25, -0.2) is 0 Å². The number of rotatable bonds is 16. The summed E-state index contributed by atoms with van der Waals surface area (Å²) in [4.78, 5) is 0. The van der Waals surface area contributed by atoms with E-state index in [1.165, 1.54) is 76.3 Å². The Morgan fingerprint density at radius 2 is 1.36 bits per heavy atom. The number of unbranched alkanes of at least 4 members (excludes halogenated alkanes) is 4. The van der Waals surface area contributed by atoms with Gasteiger partial charge in [0.1, 0.15) is 0 Å². The van der Waals surface area contributed by atoms with Crippen LogP contribution >= 0.6 is 7.05 Å². The van der Waals surface area contributed by atoms with E-state index < -0.39 is 7.05 Å². The van der Waals surface area contributed by atoms with Crippen molar-refractivity contribution < 1.29 is 21.7 Å². The topological polar surface area (TPSA) is 12.4 Å². The molecular formula is C30H56NPTi. The van der Waals surface area contributed by atoms with Crippen molar-refractivity contribution in [3.63, 3.8) is 0 Å². The van der Waals surface area contributed by atoms with E-state index in [4.69, 9.17) is 4.74 Å². The summed E-state index contributed by atoms with van der Waals surface area (Å²) in [5, 5.41) is 0. The van der Waals surface area contributed by atoms with Gasteiger partial charge in [-0.15, -0.1) is 0 Å². The fourth-order valence-corrected chi connectivity index (χ4v) is 10.4. The minimum absolute atomic E-state index is 0. The standard InChI is InChI=1S/C23H44NP.C7H12.Ti/c1-7-10-15-20(4)25(21(5)16-11-8-2,22(6)17-12-9-3)24-23-18-13-14-19-23;1-3-5-7-6-4-2;/h13-14,18,20-22H,7-12,15-17,19H2,1-6H3;3,5,7H,1,4,6H2,2H3;.